The van der Waals surface area contributed by atoms with Gasteiger partial charge < -0.3 is 15.2 Å². The summed E-state index contributed by atoms with van der Waals surface area (Å²) in [6.45, 7) is 1.93. The van der Waals surface area contributed by atoms with Gasteiger partial charge in [0.1, 0.15) is 0 Å². The first-order valence-electron chi connectivity index (χ1n) is 5.72. The number of rotatable bonds is 3. The number of ether oxygens (including phenoxy) is 1. The number of hydrogen-bond donors (Lipinski definition) is 0. The second-order valence-electron chi connectivity index (χ2n) is 3.75. The summed E-state index contributed by atoms with van der Waals surface area (Å²) in [6.07, 6.45) is 3.49. The van der Waals surface area contributed by atoms with Gasteiger partial charge in [0.15, 0.2) is 0 Å². The maximum atomic E-state index is 12.0. The Bertz CT molecular complexity index is 652. The van der Waals surface area contributed by atoms with Crippen LogP contribution in [0, 0.1) is 10.4 Å². The monoisotopic (exact) mass is 260 g/mol. The third-order valence-corrected chi connectivity index (χ3v) is 2.50. The van der Waals surface area contributed by atoms with Crippen molar-refractivity contribution >= 4 is 23.1 Å². The highest BCUT2D eigenvalue weighted by Gasteiger charge is 2.16. The minimum Gasteiger partial charge on any atom is -0.618 e. The van der Waals surface area contributed by atoms with Gasteiger partial charge in [0.25, 0.3) is 22.9 Å². The molecule has 0 N–H and O–H groups in total. The van der Waals surface area contributed by atoms with Crippen molar-refractivity contribution in [1.29, 1.82) is 0 Å². The Morgan fingerprint density at radius 2 is 2.00 bits per heavy atom. The van der Waals surface area contributed by atoms with Crippen LogP contribution >= 0.6 is 0 Å². The molecule has 1 aromatic carbocycles. The topological polar surface area (TPSA) is 80.2 Å². The van der Waals surface area contributed by atoms with Crippen LogP contribution in [0.5, 0.6) is 0 Å². The molecule has 0 atom stereocenters. The van der Waals surface area contributed by atoms with Gasteiger partial charge in [-0.05, 0) is 6.92 Å². The van der Waals surface area contributed by atoms with Crippen molar-refractivity contribution in [2.75, 3.05) is 6.61 Å². The van der Waals surface area contributed by atoms with Gasteiger partial charge in [-0.25, -0.2) is 4.79 Å². The van der Waals surface area contributed by atoms with Crippen LogP contribution in [-0.4, -0.2) is 12.6 Å². The van der Waals surface area contributed by atoms with Crippen molar-refractivity contribution in [2.24, 2.45) is 0 Å². The van der Waals surface area contributed by atoms with Gasteiger partial charge in [-0.1, -0.05) is 12.1 Å². The minimum absolute atomic E-state index is 0.0711. The summed E-state index contributed by atoms with van der Waals surface area (Å²) in [6, 6.07) is 6.43. The number of hydrogen-bond acceptors (Lipinski definition) is 4. The molecule has 6 heteroatoms. The van der Waals surface area contributed by atoms with E-state index in [2.05, 4.69) is 0 Å². The van der Waals surface area contributed by atoms with Crippen molar-refractivity contribution in [2.45, 2.75) is 6.92 Å². The predicted octanol–water partition coefficient (Wildman–Crippen LogP) is 0.683. The maximum Gasteiger partial charge on any atom is 0.330 e. The number of carbonyl (C=O) groups is 1. The molecule has 0 radical (unpaired) electrons. The summed E-state index contributed by atoms with van der Waals surface area (Å²) in [5, 5.41) is 23.7. The Kier molecular flexibility index (Phi) is 3.61. The zero-order valence-corrected chi connectivity index (χ0v) is 10.3. The molecule has 19 heavy (non-hydrogen) atoms. The molecule has 2 rings (SSSR count). The standard InChI is InChI=1S/C13H12N2O4/c1-2-19-13(16)8-7-10-9-14(17)11-5-3-4-6-12(11)15(10)18/h3-9H,2H2,1H3. The van der Waals surface area contributed by atoms with Gasteiger partial charge in [-0.3, -0.25) is 0 Å². The van der Waals surface area contributed by atoms with Crippen LogP contribution < -0.4 is 9.46 Å². The zero-order valence-electron chi connectivity index (χ0n) is 10.3. The molecular formula is C13H12N2O4. The predicted molar refractivity (Wildman–Crippen MR) is 67.5 cm³/mol. The van der Waals surface area contributed by atoms with Crippen molar-refractivity contribution in [3.05, 3.63) is 52.6 Å². The third kappa shape index (κ3) is 2.62. The first-order valence-corrected chi connectivity index (χ1v) is 5.72. The molecule has 98 valence electrons. The van der Waals surface area contributed by atoms with E-state index in [9.17, 15) is 15.2 Å². The van der Waals surface area contributed by atoms with E-state index in [-0.39, 0.29) is 23.3 Å². The molecule has 0 unspecified atom stereocenters. The lowest BCUT2D eigenvalue weighted by Crippen LogP contribution is -2.40. The number of para-hydroxylation sites is 2. The van der Waals surface area contributed by atoms with E-state index in [1.165, 1.54) is 6.08 Å². The third-order valence-electron chi connectivity index (χ3n) is 2.50. The van der Waals surface area contributed by atoms with Gasteiger partial charge in [0.05, 0.1) is 6.61 Å². The van der Waals surface area contributed by atoms with Gasteiger partial charge in [0.2, 0.25) is 0 Å². The lowest BCUT2D eigenvalue weighted by Gasteiger charge is -2.05. The Hall–Kier alpha value is -2.63. The van der Waals surface area contributed by atoms with Crippen molar-refractivity contribution < 1.29 is 19.0 Å². The molecule has 0 saturated carbocycles. The normalized spacial score (nSPS) is 11.0. The SMILES string of the molecule is CCOC(=O)C=Cc1c[n+]([O-])c2ccccc2[n+]1[O-]. The summed E-state index contributed by atoms with van der Waals surface area (Å²) in [5.74, 6) is -0.562. The average Bonchev–Trinajstić information content (AvgIpc) is 2.42. The van der Waals surface area contributed by atoms with Crippen LogP contribution in [0.4, 0.5) is 0 Å². The van der Waals surface area contributed by atoms with Gasteiger partial charge >= 0.3 is 5.97 Å². The first-order chi connectivity index (χ1) is 9.13. The second-order valence-corrected chi connectivity index (χ2v) is 3.75. The molecule has 2 aromatic rings. The van der Waals surface area contributed by atoms with E-state index >= 15 is 0 Å². The molecule has 0 spiro atoms. The average molecular weight is 260 g/mol. The van der Waals surface area contributed by atoms with Crippen LogP contribution in [0.1, 0.15) is 12.6 Å². The molecule has 1 aromatic heterocycles. The summed E-state index contributed by atoms with van der Waals surface area (Å²) in [7, 11) is 0. The first kappa shape index (κ1) is 12.8. The quantitative estimate of drug-likeness (QED) is 0.352. The van der Waals surface area contributed by atoms with E-state index in [1.54, 1.807) is 31.2 Å². The number of fused-ring (bicyclic) bond motifs is 1. The van der Waals surface area contributed by atoms with E-state index < -0.39 is 5.97 Å². The largest absolute Gasteiger partial charge is 0.618 e. The molecule has 0 aliphatic rings. The molecular weight excluding hydrogens is 248 g/mol. The fourth-order valence-electron chi connectivity index (χ4n) is 1.66. The highest BCUT2D eigenvalue weighted by atomic mass is 16.5. The number of benzene rings is 1. The molecule has 6 nitrogen and oxygen atoms in total. The van der Waals surface area contributed by atoms with Gasteiger partial charge in [0, 0.05) is 24.3 Å². The highest BCUT2D eigenvalue weighted by Crippen LogP contribution is 2.06. The summed E-state index contributed by atoms with van der Waals surface area (Å²) in [5.41, 5.74) is 0.580. The van der Waals surface area contributed by atoms with E-state index in [0.29, 0.717) is 9.46 Å². The van der Waals surface area contributed by atoms with E-state index in [4.69, 9.17) is 4.74 Å². The van der Waals surface area contributed by atoms with Crippen LogP contribution in [0.3, 0.4) is 0 Å². The smallest absolute Gasteiger partial charge is 0.330 e. The Morgan fingerprint density at radius 1 is 1.32 bits per heavy atom. The van der Waals surface area contributed by atoms with Crippen LogP contribution in [0.25, 0.3) is 17.1 Å². The maximum absolute atomic E-state index is 12.0. The molecule has 0 bridgehead atoms. The zero-order chi connectivity index (χ0) is 13.8. The van der Waals surface area contributed by atoms with Crippen LogP contribution in [-0.2, 0) is 9.53 Å². The lowest BCUT2D eigenvalue weighted by molar-refractivity contribution is -0.630. The van der Waals surface area contributed by atoms with E-state index in [0.717, 1.165) is 12.3 Å². The molecule has 0 fully saturated rings. The second kappa shape index (κ2) is 5.34. The number of aromatic nitrogens is 2. The Balaban J connectivity index is 2.45. The summed E-state index contributed by atoms with van der Waals surface area (Å²) in [4.78, 5) is 11.2. The summed E-state index contributed by atoms with van der Waals surface area (Å²) < 4.78 is 5.89. The molecule has 0 aliphatic carbocycles. The van der Waals surface area contributed by atoms with Crippen molar-refractivity contribution in [3.8, 4) is 0 Å². The Morgan fingerprint density at radius 3 is 2.68 bits per heavy atom. The Labute approximate surface area is 109 Å². The minimum atomic E-state index is -0.562. The lowest BCUT2D eigenvalue weighted by atomic mass is 10.3. The number of esters is 1. The van der Waals surface area contributed by atoms with Gasteiger partial charge in [-0.15, -0.1) is 0 Å². The van der Waals surface area contributed by atoms with E-state index in [1.807, 2.05) is 0 Å². The number of carbonyl (C=O) groups excluding carboxylic acids is 1. The molecule has 1 heterocycles. The fourth-order valence-corrected chi connectivity index (χ4v) is 1.66. The van der Waals surface area contributed by atoms with Gasteiger partial charge in [-0.2, -0.15) is 9.46 Å². The summed E-state index contributed by atoms with van der Waals surface area (Å²) >= 11 is 0. The van der Waals surface area contributed by atoms with Crippen LogP contribution in [0.2, 0.25) is 0 Å². The molecule has 0 amide bonds. The highest BCUT2D eigenvalue weighted by molar-refractivity contribution is 5.86. The van der Waals surface area contributed by atoms with Crippen molar-refractivity contribution in [1.82, 2.24) is 0 Å². The van der Waals surface area contributed by atoms with Crippen LogP contribution in [0.15, 0.2) is 36.5 Å². The van der Waals surface area contributed by atoms with Crippen molar-refractivity contribution in [3.63, 3.8) is 0 Å². The molecule has 0 aliphatic heterocycles. The molecule has 0 saturated heterocycles. The number of nitrogens with zero attached hydrogens (tertiary/aromatic N) is 2. The fraction of sp³-hybridized carbons (Fsp3) is 0.154.